The van der Waals surface area contributed by atoms with Crippen molar-refractivity contribution in [3.8, 4) is 0 Å². The van der Waals surface area contributed by atoms with Gasteiger partial charge in [0.1, 0.15) is 6.54 Å². The van der Waals surface area contributed by atoms with Crippen LogP contribution in [0.3, 0.4) is 0 Å². The molecule has 2 rings (SSSR count). The predicted octanol–water partition coefficient (Wildman–Crippen LogP) is 2.59. The molecule has 0 unspecified atom stereocenters. The third-order valence-corrected chi connectivity index (χ3v) is 3.57. The monoisotopic (exact) mass is 327 g/mol. The van der Waals surface area contributed by atoms with Gasteiger partial charge in [0.2, 0.25) is 0 Å². The zero-order valence-corrected chi connectivity index (χ0v) is 12.7. The number of carbonyl (C=O) groups excluding carboxylic acids is 1. The number of hydrogen-bond donors (Lipinski definition) is 1. The van der Waals surface area contributed by atoms with Crippen LogP contribution in [-0.2, 0) is 0 Å². The van der Waals surface area contributed by atoms with Crippen LogP contribution in [-0.4, -0.2) is 61.3 Å². The van der Waals surface area contributed by atoms with Gasteiger partial charge in [-0.25, -0.2) is 4.79 Å². The number of carbonyl (C=O) groups is 1. The molecule has 2 amide bonds. The number of amides is 2. The topological polar surface area (TPSA) is 35.6 Å². The lowest BCUT2D eigenvalue weighted by Gasteiger charge is -2.34. The minimum atomic E-state index is -4.38. The molecule has 0 aromatic heterocycles. The first-order valence-electron chi connectivity index (χ1n) is 7.47. The number of rotatable bonds is 4. The highest BCUT2D eigenvalue weighted by Gasteiger charge is 2.29. The number of urea groups is 1. The number of benzene rings is 1. The third-order valence-electron chi connectivity index (χ3n) is 3.57. The quantitative estimate of drug-likeness (QED) is 0.923. The van der Waals surface area contributed by atoms with Crippen LogP contribution in [0.1, 0.15) is 5.56 Å². The molecule has 1 fully saturated rings. The van der Waals surface area contributed by atoms with E-state index in [1.165, 1.54) is 4.90 Å². The molecule has 7 heteroatoms. The first-order valence-corrected chi connectivity index (χ1v) is 7.47. The van der Waals surface area contributed by atoms with E-state index in [0.717, 1.165) is 12.1 Å². The molecule has 0 saturated carbocycles. The molecule has 1 N–H and O–H groups in total. The van der Waals surface area contributed by atoms with Crippen molar-refractivity contribution in [1.82, 2.24) is 15.1 Å². The van der Waals surface area contributed by atoms with Crippen LogP contribution in [0.2, 0.25) is 0 Å². The van der Waals surface area contributed by atoms with Crippen LogP contribution in [0.5, 0.6) is 0 Å². The summed E-state index contributed by atoms with van der Waals surface area (Å²) in [7, 11) is 0. The fraction of sp³-hybridized carbons (Fsp3) is 0.438. The predicted molar refractivity (Wildman–Crippen MR) is 82.9 cm³/mol. The van der Waals surface area contributed by atoms with Gasteiger partial charge in [-0.2, -0.15) is 13.2 Å². The summed E-state index contributed by atoms with van der Waals surface area (Å²) in [5.41, 5.74) is 1.12. The summed E-state index contributed by atoms with van der Waals surface area (Å²) in [5, 5.41) is 1.90. The van der Waals surface area contributed by atoms with Crippen LogP contribution >= 0.6 is 0 Å². The maximum Gasteiger partial charge on any atom is 0.405 e. The van der Waals surface area contributed by atoms with Crippen molar-refractivity contribution in [2.24, 2.45) is 0 Å². The molecule has 1 saturated heterocycles. The molecule has 4 nitrogen and oxygen atoms in total. The highest BCUT2D eigenvalue weighted by Crippen LogP contribution is 2.12. The molecule has 1 aliphatic rings. The Kier molecular flexibility index (Phi) is 6.04. The lowest BCUT2D eigenvalue weighted by atomic mass is 10.2. The van der Waals surface area contributed by atoms with Gasteiger partial charge in [-0.1, -0.05) is 42.5 Å². The second-order valence-electron chi connectivity index (χ2n) is 5.37. The molecule has 0 spiro atoms. The lowest BCUT2D eigenvalue weighted by Crippen LogP contribution is -2.52. The highest BCUT2D eigenvalue weighted by atomic mass is 19.4. The lowest BCUT2D eigenvalue weighted by molar-refractivity contribution is -0.123. The second-order valence-corrected chi connectivity index (χ2v) is 5.37. The molecule has 0 radical (unpaired) electrons. The van der Waals surface area contributed by atoms with Gasteiger partial charge in [-0.3, -0.25) is 4.90 Å². The van der Waals surface area contributed by atoms with Crippen LogP contribution in [0, 0.1) is 0 Å². The van der Waals surface area contributed by atoms with Crippen LogP contribution in [0.15, 0.2) is 36.4 Å². The average Bonchev–Trinajstić information content (AvgIpc) is 2.54. The van der Waals surface area contributed by atoms with Gasteiger partial charge in [0.25, 0.3) is 0 Å². The number of alkyl halides is 3. The summed E-state index contributed by atoms with van der Waals surface area (Å²) in [6.45, 7) is 1.64. The van der Waals surface area contributed by atoms with E-state index in [9.17, 15) is 18.0 Å². The standard InChI is InChI=1S/C16H20F3N3O/c17-16(18,19)13-20-15(23)22-11-9-21(10-12-22)8-4-7-14-5-2-1-3-6-14/h1-7H,8-13H2,(H,20,23)/b7-4+. The second kappa shape index (κ2) is 8.01. The summed E-state index contributed by atoms with van der Waals surface area (Å²) in [4.78, 5) is 15.2. The molecular weight excluding hydrogens is 307 g/mol. The zero-order chi connectivity index (χ0) is 16.7. The Labute approximate surface area is 133 Å². The van der Waals surface area contributed by atoms with Crippen molar-refractivity contribution in [2.45, 2.75) is 6.18 Å². The first kappa shape index (κ1) is 17.3. The van der Waals surface area contributed by atoms with Gasteiger partial charge in [-0.15, -0.1) is 0 Å². The van der Waals surface area contributed by atoms with E-state index in [-0.39, 0.29) is 0 Å². The fourth-order valence-electron chi connectivity index (χ4n) is 2.32. The molecule has 126 valence electrons. The average molecular weight is 327 g/mol. The van der Waals surface area contributed by atoms with Gasteiger partial charge in [0.15, 0.2) is 0 Å². The molecular formula is C16H20F3N3O. The SMILES string of the molecule is O=C(NCC(F)(F)F)N1CCN(C/C=C/c2ccccc2)CC1. The van der Waals surface area contributed by atoms with Crippen molar-refractivity contribution in [3.63, 3.8) is 0 Å². The van der Waals surface area contributed by atoms with Crippen molar-refractivity contribution in [3.05, 3.63) is 42.0 Å². The summed E-state index contributed by atoms with van der Waals surface area (Å²) < 4.78 is 36.2. The fourth-order valence-corrected chi connectivity index (χ4v) is 2.32. The Morgan fingerprint density at radius 2 is 1.78 bits per heavy atom. The van der Waals surface area contributed by atoms with Gasteiger partial charge >= 0.3 is 12.2 Å². The Bertz CT molecular complexity index is 523. The number of hydrogen-bond acceptors (Lipinski definition) is 2. The van der Waals surface area contributed by atoms with E-state index in [4.69, 9.17) is 0 Å². The van der Waals surface area contributed by atoms with Crippen molar-refractivity contribution in [2.75, 3.05) is 39.3 Å². The molecule has 0 aliphatic carbocycles. The first-order chi connectivity index (χ1) is 10.9. The Hall–Kier alpha value is -2.02. The van der Waals surface area contributed by atoms with Crippen LogP contribution in [0.25, 0.3) is 6.08 Å². The van der Waals surface area contributed by atoms with Crippen LogP contribution in [0.4, 0.5) is 18.0 Å². The van der Waals surface area contributed by atoms with Gasteiger partial charge in [0, 0.05) is 32.7 Å². The van der Waals surface area contributed by atoms with E-state index < -0.39 is 18.8 Å². The normalized spacial score (nSPS) is 16.7. The molecule has 1 aromatic carbocycles. The van der Waals surface area contributed by atoms with E-state index in [1.807, 2.05) is 41.7 Å². The number of nitrogens with zero attached hydrogens (tertiary/aromatic N) is 2. The summed E-state index contributed by atoms with van der Waals surface area (Å²) >= 11 is 0. The van der Waals surface area contributed by atoms with Gasteiger partial charge < -0.3 is 10.2 Å². The summed E-state index contributed by atoms with van der Waals surface area (Å²) in [5.74, 6) is 0. The third kappa shape index (κ3) is 6.32. The smallest absolute Gasteiger partial charge is 0.329 e. The highest BCUT2D eigenvalue weighted by molar-refractivity contribution is 5.74. The number of piperazine rings is 1. The molecule has 1 heterocycles. The maximum absolute atomic E-state index is 12.1. The van der Waals surface area contributed by atoms with Gasteiger partial charge in [0.05, 0.1) is 0 Å². The Balaban J connectivity index is 1.69. The minimum absolute atomic E-state index is 0.433. The minimum Gasteiger partial charge on any atom is -0.329 e. The molecule has 0 atom stereocenters. The number of nitrogens with one attached hydrogen (secondary N) is 1. The molecule has 23 heavy (non-hydrogen) atoms. The van der Waals surface area contributed by atoms with Crippen molar-refractivity contribution >= 4 is 12.1 Å². The summed E-state index contributed by atoms with van der Waals surface area (Å²) in [6.07, 6.45) is -0.295. The molecule has 1 aliphatic heterocycles. The van der Waals surface area contributed by atoms with Crippen molar-refractivity contribution < 1.29 is 18.0 Å². The molecule has 1 aromatic rings. The van der Waals surface area contributed by atoms with E-state index >= 15 is 0 Å². The Morgan fingerprint density at radius 1 is 1.13 bits per heavy atom. The Morgan fingerprint density at radius 3 is 2.39 bits per heavy atom. The van der Waals surface area contributed by atoms with E-state index in [0.29, 0.717) is 26.2 Å². The van der Waals surface area contributed by atoms with Crippen molar-refractivity contribution in [1.29, 1.82) is 0 Å². The maximum atomic E-state index is 12.1. The van der Waals surface area contributed by atoms with E-state index in [2.05, 4.69) is 11.0 Å². The largest absolute Gasteiger partial charge is 0.405 e. The molecule has 0 bridgehead atoms. The summed E-state index contributed by atoms with van der Waals surface area (Å²) in [6, 6.07) is 9.27. The van der Waals surface area contributed by atoms with Crippen LogP contribution < -0.4 is 5.32 Å². The van der Waals surface area contributed by atoms with E-state index in [1.54, 1.807) is 0 Å². The number of halogens is 3. The van der Waals surface area contributed by atoms with Gasteiger partial charge in [-0.05, 0) is 5.56 Å². The zero-order valence-electron chi connectivity index (χ0n) is 12.7.